The van der Waals surface area contributed by atoms with E-state index in [9.17, 15) is 0 Å². The Hall–Kier alpha value is -0.860. The third-order valence-corrected chi connectivity index (χ3v) is 4.63. The zero-order valence-corrected chi connectivity index (χ0v) is 19.0. The molecule has 1 heterocycles. The molecule has 138 valence electrons. The molecule has 0 aliphatic rings. The van der Waals surface area contributed by atoms with E-state index in [1.807, 2.05) is 18.2 Å². The molecule has 0 atom stereocenters. The lowest BCUT2D eigenvalue weighted by Crippen LogP contribution is -2.37. The van der Waals surface area contributed by atoms with E-state index in [4.69, 9.17) is 11.6 Å². The molecule has 4 nitrogen and oxygen atoms in total. The summed E-state index contributed by atoms with van der Waals surface area (Å²) in [7, 11) is 1.77. The van der Waals surface area contributed by atoms with Crippen molar-refractivity contribution in [1.29, 1.82) is 0 Å². The molecule has 1 aromatic heterocycles. The van der Waals surface area contributed by atoms with Crippen molar-refractivity contribution >= 4 is 52.9 Å². The Balaban J connectivity index is 0.00000312. The number of hydrogen-bond donors (Lipinski definition) is 2. The molecule has 0 saturated carbocycles. The van der Waals surface area contributed by atoms with E-state index in [0.717, 1.165) is 34.6 Å². The lowest BCUT2D eigenvalue weighted by Gasteiger charge is -2.14. The topological polar surface area (TPSA) is 49.3 Å². The van der Waals surface area contributed by atoms with Crippen LogP contribution in [0.1, 0.15) is 37.0 Å². The smallest absolute Gasteiger partial charge is 0.191 e. The van der Waals surface area contributed by atoms with Crippen molar-refractivity contribution in [3.8, 4) is 0 Å². The predicted molar refractivity (Wildman–Crippen MR) is 120 cm³/mol. The number of nitrogens with one attached hydrogen (secondary N) is 2. The summed E-state index contributed by atoms with van der Waals surface area (Å²) in [5.74, 6) is 0.782. The molecule has 0 bridgehead atoms. The summed E-state index contributed by atoms with van der Waals surface area (Å²) in [5.41, 5.74) is 2.43. The number of benzene rings is 1. The highest BCUT2D eigenvalue weighted by Gasteiger charge is 2.17. The van der Waals surface area contributed by atoms with Crippen LogP contribution in [0.25, 0.3) is 0 Å². The highest BCUT2D eigenvalue weighted by Crippen LogP contribution is 2.23. The van der Waals surface area contributed by atoms with Gasteiger partial charge in [-0.25, -0.2) is 4.98 Å². The van der Waals surface area contributed by atoms with Crippen molar-refractivity contribution in [3.63, 3.8) is 0 Å². The van der Waals surface area contributed by atoms with E-state index in [1.54, 1.807) is 18.4 Å². The van der Waals surface area contributed by atoms with Crippen LogP contribution in [-0.2, 0) is 18.4 Å². The second-order valence-electron chi connectivity index (χ2n) is 6.61. The van der Waals surface area contributed by atoms with E-state index in [2.05, 4.69) is 52.8 Å². The van der Waals surface area contributed by atoms with Crippen LogP contribution in [0.15, 0.2) is 34.6 Å². The van der Waals surface area contributed by atoms with Crippen molar-refractivity contribution < 1.29 is 0 Å². The van der Waals surface area contributed by atoms with Gasteiger partial charge in [0.1, 0.15) is 5.01 Å². The van der Waals surface area contributed by atoms with Gasteiger partial charge in [-0.2, -0.15) is 0 Å². The van der Waals surface area contributed by atoms with Gasteiger partial charge in [0.05, 0.1) is 12.2 Å². The molecular weight excluding hydrogens is 467 g/mol. The zero-order valence-electron chi connectivity index (χ0n) is 15.1. The first-order valence-electron chi connectivity index (χ1n) is 8.02. The summed E-state index contributed by atoms with van der Waals surface area (Å²) < 4.78 is 0. The van der Waals surface area contributed by atoms with Crippen molar-refractivity contribution in [3.05, 3.63) is 50.9 Å². The molecule has 0 aliphatic carbocycles. The predicted octanol–water partition coefficient (Wildman–Crippen LogP) is 4.62. The molecule has 2 N–H and O–H groups in total. The largest absolute Gasteiger partial charge is 0.356 e. The Morgan fingerprint density at radius 3 is 2.64 bits per heavy atom. The fourth-order valence-corrected chi connectivity index (χ4v) is 3.31. The monoisotopic (exact) mass is 492 g/mol. The summed E-state index contributed by atoms with van der Waals surface area (Å²) in [6.07, 6.45) is 0.896. The van der Waals surface area contributed by atoms with Crippen LogP contribution < -0.4 is 10.6 Å². The molecule has 0 amide bonds. The fourth-order valence-electron chi connectivity index (χ4n) is 2.13. The van der Waals surface area contributed by atoms with Gasteiger partial charge in [-0.3, -0.25) is 4.99 Å². The number of hydrogen-bond acceptors (Lipinski definition) is 3. The second-order valence-corrected chi connectivity index (χ2v) is 7.99. The van der Waals surface area contributed by atoms with E-state index >= 15 is 0 Å². The molecule has 0 fully saturated rings. The summed E-state index contributed by atoms with van der Waals surface area (Å²) in [4.78, 5) is 8.94. The minimum atomic E-state index is 0. The lowest BCUT2D eigenvalue weighted by molar-refractivity contribution is 0.570. The maximum absolute atomic E-state index is 6.00. The van der Waals surface area contributed by atoms with Crippen molar-refractivity contribution in [1.82, 2.24) is 15.6 Å². The number of aromatic nitrogens is 1. The van der Waals surface area contributed by atoms with E-state index < -0.39 is 0 Å². The molecule has 7 heteroatoms. The normalized spacial score (nSPS) is 11.8. The maximum atomic E-state index is 6.00. The average molecular weight is 493 g/mol. The quantitative estimate of drug-likeness (QED) is 0.364. The molecule has 0 saturated heterocycles. The van der Waals surface area contributed by atoms with Gasteiger partial charge in [-0.1, -0.05) is 44.5 Å². The molecule has 0 aliphatic heterocycles. The minimum Gasteiger partial charge on any atom is -0.356 e. The third kappa shape index (κ3) is 7.50. The standard InChI is InChI=1S/C18H25ClN4S.HI/c1-18(2,3)15-12-24-16(23-15)11-22-17(20-4)21-9-8-13-6-5-7-14(19)10-13;/h5-7,10,12H,8-9,11H2,1-4H3,(H2,20,21,22);1H. The number of rotatable bonds is 5. The first-order valence-corrected chi connectivity index (χ1v) is 9.28. The average Bonchev–Trinajstić information content (AvgIpc) is 3.00. The van der Waals surface area contributed by atoms with Gasteiger partial charge in [0.25, 0.3) is 0 Å². The van der Waals surface area contributed by atoms with Gasteiger partial charge in [-0.15, -0.1) is 35.3 Å². The summed E-state index contributed by atoms with van der Waals surface area (Å²) >= 11 is 7.68. The Labute approximate surface area is 176 Å². The molecule has 0 radical (unpaired) electrons. The number of nitrogens with zero attached hydrogens (tertiary/aromatic N) is 2. The maximum Gasteiger partial charge on any atom is 0.191 e. The van der Waals surface area contributed by atoms with Crippen LogP contribution >= 0.6 is 46.9 Å². The minimum absolute atomic E-state index is 0. The van der Waals surface area contributed by atoms with E-state index in [1.165, 1.54) is 5.56 Å². The molecule has 25 heavy (non-hydrogen) atoms. The summed E-state index contributed by atoms with van der Waals surface area (Å²) in [6, 6.07) is 7.93. The number of aliphatic imine (C=N–C) groups is 1. The van der Waals surface area contributed by atoms with Gasteiger partial charge >= 0.3 is 0 Å². The van der Waals surface area contributed by atoms with Gasteiger partial charge in [-0.05, 0) is 24.1 Å². The lowest BCUT2D eigenvalue weighted by atomic mass is 9.93. The molecular formula is C18H26ClIN4S. The zero-order chi connectivity index (χ0) is 17.6. The molecule has 2 rings (SSSR count). The first-order chi connectivity index (χ1) is 11.4. The number of halogens is 2. The van der Waals surface area contributed by atoms with Gasteiger partial charge < -0.3 is 10.6 Å². The van der Waals surface area contributed by atoms with Gasteiger partial charge in [0.15, 0.2) is 5.96 Å². The molecule has 0 spiro atoms. The fraction of sp³-hybridized carbons (Fsp3) is 0.444. The second kappa shape index (κ2) is 10.3. The van der Waals surface area contributed by atoms with Crippen LogP contribution in [0.4, 0.5) is 0 Å². The van der Waals surface area contributed by atoms with Gasteiger partial charge in [0, 0.05) is 29.4 Å². The summed E-state index contributed by atoms with van der Waals surface area (Å²) in [5, 5.41) is 10.6. The number of guanidine groups is 1. The highest BCUT2D eigenvalue weighted by atomic mass is 127. The van der Waals surface area contributed by atoms with Crippen LogP contribution in [0.2, 0.25) is 5.02 Å². The van der Waals surface area contributed by atoms with Crippen LogP contribution in [0.3, 0.4) is 0 Å². The number of thiazole rings is 1. The van der Waals surface area contributed by atoms with E-state index in [0.29, 0.717) is 6.54 Å². The first kappa shape index (κ1) is 22.2. The van der Waals surface area contributed by atoms with Crippen molar-refractivity contribution in [2.75, 3.05) is 13.6 Å². The van der Waals surface area contributed by atoms with E-state index in [-0.39, 0.29) is 29.4 Å². The molecule has 2 aromatic rings. The Bertz CT molecular complexity index is 694. The molecule has 0 unspecified atom stereocenters. The van der Waals surface area contributed by atoms with Crippen LogP contribution in [-0.4, -0.2) is 24.5 Å². The highest BCUT2D eigenvalue weighted by molar-refractivity contribution is 14.0. The van der Waals surface area contributed by atoms with Crippen molar-refractivity contribution in [2.24, 2.45) is 4.99 Å². The molecule has 1 aromatic carbocycles. The SMILES string of the molecule is CN=C(NCCc1cccc(Cl)c1)NCc1nc(C(C)(C)C)cs1.I. The van der Waals surface area contributed by atoms with Crippen LogP contribution in [0, 0.1) is 0 Å². The Morgan fingerprint density at radius 1 is 1.28 bits per heavy atom. The van der Waals surface area contributed by atoms with Crippen LogP contribution in [0.5, 0.6) is 0 Å². The third-order valence-electron chi connectivity index (χ3n) is 3.55. The Kier molecular flexibility index (Phi) is 9.16. The summed E-state index contributed by atoms with van der Waals surface area (Å²) in [6.45, 7) is 8.00. The van der Waals surface area contributed by atoms with Crippen molar-refractivity contribution in [2.45, 2.75) is 39.2 Å². The van der Waals surface area contributed by atoms with Gasteiger partial charge in [0.2, 0.25) is 0 Å². The Morgan fingerprint density at radius 2 is 2.04 bits per heavy atom.